The zero-order chi connectivity index (χ0) is 15.0. The van der Waals surface area contributed by atoms with E-state index in [0.717, 1.165) is 33.4 Å². The first-order valence-corrected chi connectivity index (χ1v) is 7.60. The maximum absolute atomic E-state index is 9.04. The fourth-order valence-electron chi connectivity index (χ4n) is 2.56. The number of nitriles is 1. The smallest absolute Gasteiger partial charge is 0.141 e. The van der Waals surface area contributed by atoms with Gasteiger partial charge < -0.3 is 4.57 Å². The first-order valence-electron chi connectivity index (χ1n) is 6.81. The Morgan fingerprint density at radius 2 is 2.05 bits per heavy atom. The fraction of sp³-hybridized carbons (Fsp3) is 0.176. The topological polar surface area (TPSA) is 41.6 Å². The summed E-state index contributed by atoms with van der Waals surface area (Å²) in [6.07, 6.45) is 0. The number of aromatic nitrogens is 2. The van der Waals surface area contributed by atoms with Crippen molar-refractivity contribution in [2.75, 3.05) is 0 Å². The van der Waals surface area contributed by atoms with Crippen molar-refractivity contribution in [3.8, 4) is 17.5 Å². The van der Waals surface area contributed by atoms with E-state index in [1.54, 1.807) is 0 Å². The van der Waals surface area contributed by atoms with Crippen LogP contribution in [-0.4, -0.2) is 9.55 Å². The molecule has 0 aliphatic carbocycles. The molecule has 4 heteroatoms. The van der Waals surface area contributed by atoms with Gasteiger partial charge in [0, 0.05) is 16.6 Å². The molecule has 0 aliphatic rings. The quantitative estimate of drug-likeness (QED) is 0.680. The zero-order valence-corrected chi connectivity index (χ0v) is 13.5. The summed E-state index contributed by atoms with van der Waals surface area (Å²) in [6.45, 7) is 5.03. The van der Waals surface area contributed by atoms with Crippen LogP contribution in [0.4, 0.5) is 0 Å². The van der Waals surface area contributed by atoms with E-state index in [9.17, 15) is 0 Å². The molecule has 0 saturated heterocycles. The van der Waals surface area contributed by atoms with Crippen molar-refractivity contribution in [3.05, 3.63) is 52.0 Å². The summed E-state index contributed by atoms with van der Waals surface area (Å²) < 4.78 is 3.22. The van der Waals surface area contributed by atoms with E-state index < -0.39 is 0 Å². The number of imidazole rings is 1. The minimum absolute atomic E-state index is 0.640. The van der Waals surface area contributed by atoms with Crippen LogP contribution in [-0.2, 0) is 6.54 Å². The number of fused-ring (bicyclic) bond motifs is 1. The number of nitrogens with zero attached hydrogens (tertiary/aromatic N) is 3. The number of benzene rings is 2. The van der Waals surface area contributed by atoms with Gasteiger partial charge in [-0.15, -0.1) is 0 Å². The maximum atomic E-state index is 9.04. The Kier molecular flexibility index (Phi) is 3.52. The molecule has 0 saturated carbocycles. The minimum atomic E-state index is 0.640. The number of hydrogen-bond donors (Lipinski definition) is 0. The van der Waals surface area contributed by atoms with Gasteiger partial charge in [0.15, 0.2) is 0 Å². The molecular formula is C17H14BrN3. The predicted molar refractivity (Wildman–Crippen MR) is 88.0 cm³/mol. The monoisotopic (exact) mass is 339 g/mol. The predicted octanol–water partition coefficient (Wildman–Crippen LogP) is 4.67. The Labute approximate surface area is 132 Å². The minimum Gasteiger partial charge on any atom is -0.324 e. The molecule has 1 aromatic heterocycles. The molecule has 0 aliphatic heterocycles. The first kappa shape index (κ1) is 13.8. The number of halogens is 1. The number of hydrogen-bond acceptors (Lipinski definition) is 2. The first-order chi connectivity index (χ1) is 10.1. The van der Waals surface area contributed by atoms with Crippen LogP contribution in [0.25, 0.3) is 22.4 Å². The average Bonchev–Trinajstić information content (AvgIpc) is 2.86. The third-order valence-corrected chi connectivity index (χ3v) is 4.13. The summed E-state index contributed by atoms with van der Waals surface area (Å²) in [7, 11) is 0. The Morgan fingerprint density at radius 3 is 2.76 bits per heavy atom. The van der Waals surface area contributed by atoms with Crippen molar-refractivity contribution in [1.82, 2.24) is 9.55 Å². The lowest BCUT2D eigenvalue weighted by molar-refractivity contribution is 0.795. The van der Waals surface area contributed by atoms with Gasteiger partial charge in [0.05, 0.1) is 22.7 Å². The molecule has 0 N–H and O–H groups in total. The SMILES string of the molecule is CCn1c(-c2cc(Br)ccc2C)nc2cc(C#N)ccc21. The Hall–Kier alpha value is -2.12. The van der Waals surface area contributed by atoms with Gasteiger partial charge in [-0.05, 0) is 49.7 Å². The molecule has 0 spiro atoms. The van der Waals surface area contributed by atoms with Gasteiger partial charge in [-0.25, -0.2) is 4.98 Å². The third-order valence-electron chi connectivity index (χ3n) is 3.63. The van der Waals surface area contributed by atoms with E-state index >= 15 is 0 Å². The van der Waals surface area contributed by atoms with Crippen molar-refractivity contribution in [2.45, 2.75) is 20.4 Å². The van der Waals surface area contributed by atoms with Gasteiger partial charge in [0.2, 0.25) is 0 Å². The molecule has 2 aromatic carbocycles. The zero-order valence-electron chi connectivity index (χ0n) is 11.9. The van der Waals surface area contributed by atoms with E-state index in [1.807, 2.05) is 24.3 Å². The van der Waals surface area contributed by atoms with Crippen LogP contribution in [0.5, 0.6) is 0 Å². The van der Waals surface area contributed by atoms with E-state index in [4.69, 9.17) is 10.2 Å². The van der Waals surface area contributed by atoms with Gasteiger partial charge in [0.1, 0.15) is 5.82 Å². The molecule has 0 radical (unpaired) electrons. The molecule has 104 valence electrons. The van der Waals surface area contributed by atoms with Crippen LogP contribution in [0, 0.1) is 18.3 Å². The van der Waals surface area contributed by atoms with Crippen molar-refractivity contribution in [2.24, 2.45) is 0 Å². The van der Waals surface area contributed by atoms with E-state index in [-0.39, 0.29) is 0 Å². The molecule has 3 nitrogen and oxygen atoms in total. The lowest BCUT2D eigenvalue weighted by Gasteiger charge is -2.09. The van der Waals surface area contributed by atoms with Crippen LogP contribution < -0.4 is 0 Å². The van der Waals surface area contributed by atoms with Crippen LogP contribution in [0.1, 0.15) is 18.1 Å². The van der Waals surface area contributed by atoms with Crippen LogP contribution in [0.3, 0.4) is 0 Å². The summed E-state index contributed by atoms with van der Waals surface area (Å²) >= 11 is 3.53. The highest BCUT2D eigenvalue weighted by atomic mass is 79.9. The molecule has 0 bridgehead atoms. The average molecular weight is 340 g/mol. The van der Waals surface area contributed by atoms with Gasteiger partial charge >= 0.3 is 0 Å². The highest BCUT2D eigenvalue weighted by Gasteiger charge is 2.14. The van der Waals surface area contributed by atoms with Crippen molar-refractivity contribution < 1.29 is 0 Å². The van der Waals surface area contributed by atoms with Crippen molar-refractivity contribution >= 4 is 27.0 Å². The Balaban J connectivity index is 2.32. The van der Waals surface area contributed by atoms with E-state index in [2.05, 4.69) is 52.5 Å². The van der Waals surface area contributed by atoms with E-state index in [1.165, 1.54) is 5.56 Å². The second-order valence-electron chi connectivity index (χ2n) is 4.95. The molecule has 0 amide bonds. The lowest BCUT2D eigenvalue weighted by Crippen LogP contribution is -1.98. The molecule has 3 rings (SSSR count). The Bertz CT molecular complexity index is 872. The third kappa shape index (κ3) is 2.34. The molecule has 21 heavy (non-hydrogen) atoms. The molecule has 0 atom stereocenters. The molecule has 3 aromatic rings. The molecule has 1 heterocycles. The van der Waals surface area contributed by atoms with Gasteiger partial charge in [-0.1, -0.05) is 22.0 Å². The fourth-order valence-corrected chi connectivity index (χ4v) is 2.92. The van der Waals surface area contributed by atoms with Crippen molar-refractivity contribution in [1.29, 1.82) is 5.26 Å². The van der Waals surface area contributed by atoms with Crippen molar-refractivity contribution in [3.63, 3.8) is 0 Å². The summed E-state index contributed by atoms with van der Waals surface area (Å²) in [5, 5.41) is 9.04. The highest BCUT2D eigenvalue weighted by Crippen LogP contribution is 2.29. The summed E-state index contributed by atoms with van der Waals surface area (Å²) in [5.41, 5.74) is 4.86. The van der Waals surface area contributed by atoms with Gasteiger partial charge in [0.25, 0.3) is 0 Å². The largest absolute Gasteiger partial charge is 0.324 e. The highest BCUT2D eigenvalue weighted by molar-refractivity contribution is 9.10. The second-order valence-corrected chi connectivity index (χ2v) is 5.87. The van der Waals surface area contributed by atoms with Crippen LogP contribution >= 0.6 is 15.9 Å². The Morgan fingerprint density at radius 1 is 1.24 bits per heavy atom. The van der Waals surface area contributed by atoms with E-state index in [0.29, 0.717) is 5.56 Å². The summed E-state index contributed by atoms with van der Waals surface area (Å²) in [4.78, 5) is 4.76. The van der Waals surface area contributed by atoms with Gasteiger partial charge in [-0.3, -0.25) is 0 Å². The normalized spacial score (nSPS) is 10.8. The second kappa shape index (κ2) is 5.34. The van der Waals surface area contributed by atoms with Gasteiger partial charge in [-0.2, -0.15) is 5.26 Å². The molecular weight excluding hydrogens is 326 g/mol. The molecule has 0 unspecified atom stereocenters. The number of rotatable bonds is 2. The lowest BCUT2D eigenvalue weighted by atomic mass is 10.1. The number of aryl methyl sites for hydroxylation is 2. The summed E-state index contributed by atoms with van der Waals surface area (Å²) in [6, 6.07) is 14.0. The maximum Gasteiger partial charge on any atom is 0.141 e. The standard InChI is InChI=1S/C17H14BrN3/c1-3-21-16-7-5-12(10-19)8-15(16)20-17(21)14-9-13(18)6-4-11(14)2/h4-9H,3H2,1-2H3. The van der Waals surface area contributed by atoms with Crippen LogP contribution in [0.15, 0.2) is 40.9 Å². The van der Waals surface area contributed by atoms with Crippen LogP contribution in [0.2, 0.25) is 0 Å². The molecule has 0 fully saturated rings. The summed E-state index contributed by atoms with van der Waals surface area (Å²) in [5.74, 6) is 0.946.